The van der Waals surface area contributed by atoms with Crippen LogP contribution in [-0.2, 0) is 11.2 Å². The predicted octanol–water partition coefficient (Wildman–Crippen LogP) is 3.27. The Morgan fingerprint density at radius 3 is 2.93 bits per heavy atom. The number of aryl methyl sites for hydroxylation is 2. The van der Waals surface area contributed by atoms with Gasteiger partial charge < -0.3 is 4.42 Å². The molecule has 0 unspecified atom stereocenters. The second-order valence-electron chi connectivity index (χ2n) is 3.39. The van der Waals surface area contributed by atoms with Gasteiger partial charge in [0.05, 0.1) is 5.69 Å². The predicted molar refractivity (Wildman–Crippen MR) is 58.1 cm³/mol. The zero-order valence-electron chi connectivity index (χ0n) is 8.70. The average Bonchev–Trinajstić information content (AvgIpc) is 2.56. The summed E-state index contributed by atoms with van der Waals surface area (Å²) in [6, 6.07) is 5.42. The van der Waals surface area contributed by atoms with Crippen molar-refractivity contribution in [2.45, 2.75) is 20.3 Å². The summed E-state index contributed by atoms with van der Waals surface area (Å²) in [5, 5.41) is 1.02. The second kappa shape index (κ2) is 3.71. The van der Waals surface area contributed by atoms with Crippen molar-refractivity contribution in [2.75, 3.05) is 0 Å². The SMILES string of the molecule is CCc1oc2ccc(N=C=O)cc2c1C. The van der Waals surface area contributed by atoms with E-state index >= 15 is 0 Å². The molecule has 1 heterocycles. The van der Waals surface area contributed by atoms with Crippen LogP contribution in [0.5, 0.6) is 0 Å². The molecule has 1 aromatic carbocycles. The maximum absolute atomic E-state index is 10.1. The van der Waals surface area contributed by atoms with Crippen molar-refractivity contribution in [2.24, 2.45) is 4.99 Å². The van der Waals surface area contributed by atoms with Gasteiger partial charge in [0, 0.05) is 11.8 Å². The molecule has 0 atom stereocenters. The number of rotatable bonds is 2. The van der Waals surface area contributed by atoms with Crippen molar-refractivity contribution in [1.82, 2.24) is 0 Å². The Balaban J connectivity index is 2.69. The van der Waals surface area contributed by atoms with Crippen molar-refractivity contribution >= 4 is 22.7 Å². The molecule has 3 nitrogen and oxygen atoms in total. The molecule has 0 radical (unpaired) electrons. The molecule has 0 aliphatic carbocycles. The fourth-order valence-corrected chi connectivity index (χ4v) is 1.72. The van der Waals surface area contributed by atoms with Crippen LogP contribution in [0.15, 0.2) is 27.6 Å². The van der Waals surface area contributed by atoms with Gasteiger partial charge in [-0.3, -0.25) is 0 Å². The van der Waals surface area contributed by atoms with E-state index in [1.165, 1.54) is 6.08 Å². The lowest BCUT2D eigenvalue weighted by Crippen LogP contribution is -1.77. The molecule has 1 aromatic heterocycles. The maximum atomic E-state index is 10.1. The first kappa shape index (κ1) is 9.69. The van der Waals surface area contributed by atoms with Crippen molar-refractivity contribution < 1.29 is 9.21 Å². The topological polar surface area (TPSA) is 42.6 Å². The summed E-state index contributed by atoms with van der Waals surface area (Å²) in [6.45, 7) is 4.06. The molecule has 2 aromatic rings. The molecule has 0 N–H and O–H groups in total. The molecule has 3 heteroatoms. The van der Waals surface area contributed by atoms with E-state index in [1.54, 1.807) is 6.07 Å². The highest BCUT2D eigenvalue weighted by atomic mass is 16.3. The van der Waals surface area contributed by atoms with E-state index in [9.17, 15) is 4.79 Å². The minimum Gasteiger partial charge on any atom is -0.461 e. The summed E-state index contributed by atoms with van der Waals surface area (Å²) >= 11 is 0. The fraction of sp³-hybridized carbons (Fsp3) is 0.250. The van der Waals surface area contributed by atoms with Crippen LogP contribution in [0.4, 0.5) is 5.69 Å². The van der Waals surface area contributed by atoms with Gasteiger partial charge in [0.1, 0.15) is 11.3 Å². The number of hydrogen-bond acceptors (Lipinski definition) is 3. The largest absolute Gasteiger partial charge is 0.461 e. The normalized spacial score (nSPS) is 10.3. The zero-order chi connectivity index (χ0) is 10.8. The van der Waals surface area contributed by atoms with E-state index in [2.05, 4.69) is 11.9 Å². The third-order valence-electron chi connectivity index (χ3n) is 2.51. The summed E-state index contributed by atoms with van der Waals surface area (Å²) in [5.74, 6) is 0.984. The first-order valence-corrected chi connectivity index (χ1v) is 4.86. The van der Waals surface area contributed by atoms with Gasteiger partial charge in [-0.2, -0.15) is 4.99 Å². The molecule has 15 heavy (non-hydrogen) atoms. The van der Waals surface area contributed by atoms with Crippen LogP contribution in [0.2, 0.25) is 0 Å². The molecule has 76 valence electrons. The molecule has 0 saturated heterocycles. The number of carbonyl (C=O) groups excluding carboxylic acids is 1. The van der Waals surface area contributed by atoms with E-state index in [4.69, 9.17) is 4.42 Å². The number of aliphatic imine (C=N–C) groups is 1. The first-order valence-electron chi connectivity index (χ1n) is 4.86. The van der Waals surface area contributed by atoms with Gasteiger partial charge in [-0.15, -0.1) is 0 Å². The summed E-state index contributed by atoms with van der Waals surface area (Å²) < 4.78 is 5.64. The molecule has 0 fully saturated rings. The highest BCUT2D eigenvalue weighted by Crippen LogP contribution is 2.28. The minimum atomic E-state index is 0.615. The lowest BCUT2D eigenvalue weighted by molar-refractivity contribution is 0.553. The average molecular weight is 201 g/mol. The number of isocyanates is 1. The molecule has 0 saturated carbocycles. The Bertz CT molecular complexity index is 548. The van der Waals surface area contributed by atoms with Crippen LogP contribution in [0.1, 0.15) is 18.2 Å². The van der Waals surface area contributed by atoms with Crippen LogP contribution < -0.4 is 0 Å². The first-order chi connectivity index (χ1) is 7.26. The highest BCUT2D eigenvalue weighted by Gasteiger charge is 2.08. The number of hydrogen-bond donors (Lipinski definition) is 0. The fourth-order valence-electron chi connectivity index (χ4n) is 1.72. The van der Waals surface area contributed by atoms with Crippen molar-refractivity contribution in [3.63, 3.8) is 0 Å². The molecule has 0 bridgehead atoms. The van der Waals surface area contributed by atoms with Crippen LogP contribution in [0, 0.1) is 6.92 Å². The van der Waals surface area contributed by atoms with Gasteiger partial charge in [0.15, 0.2) is 0 Å². The summed E-state index contributed by atoms with van der Waals surface area (Å²) in [6.07, 6.45) is 2.40. The molecule has 2 rings (SSSR count). The van der Waals surface area contributed by atoms with Gasteiger partial charge in [-0.25, -0.2) is 4.79 Å². The van der Waals surface area contributed by atoms with E-state index < -0.39 is 0 Å². The van der Waals surface area contributed by atoms with Gasteiger partial charge in [0.25, 0.3) is 0 Å². The van der Waals surface area contributed by atoms with Crippen molar-refractivity contribution in [1.29, 1.82) is 0 Å². The van der Waals surface area contributed by atoms with Gasteiger partial charge in [-0.05, 0) is 30.7 Å². The minimum absolute atomic E-state index is 0.615. The Morgan fingerprint density at radius 1 is 1.47 bits per heavy atom. The summed E-state index contributed by atoms with van der Waals surface area (Å²) in [4.78, 5) is 13.7. The number of fused-ring (bicyclic) bond motifs is 1. The monoisotopic (exact) mass is 201 g/mol. The second-order valence-corrected chi connectivity index (χ2v) is 3.39. The van der Waals surface area contributed by atoms with Gasteiger partial charge >= 0.3 is 0 Å². The Labute approximate surface area is 87.4 Å². The molecule has 0 spiro atoms. The van der Waals surface area contributed by atoms with Gasteiger partial charge in [-0.1, -0.05) is 6.92 Å². The third kappa shape index (κ3) is 1.58. The van der Waals surface area contributed by atoms with Gasteiger partial charge in [0.2, 0.25) is 6.08 Å². The molecule has 0 aliphatic rings. The van der Waals surface area contributed by atoms with E-state index in [0.717, 1.165) is 28.7 Å². The summed E-state index contributed by atoms with van der Waals surface area (Å²) in [7, 11) is 0. The Hall–Kier alpha value is -1.86. The Kier molecular flexibility index (Phi) is 2.40. The standard InChI is InChI=1S/C12H11NO2/c1-3-11-8(2)10-6-9(13-7-14)4-5-12(10)15-11/h4-6H,3H2,1-2H3. The van der Waals surface area contributed by atoms with Crippen molar-refractivity contribution in [3.8, 4) is 0 Å². The smallest absolute Gasteiger partial charge is 0.240 e. The van der Waals surface area contributed by atoms with E-state index in [0.29, 0.717) is 5.69 Å². The summed E-state index contributed by atoms with van der Waals surface area (Å²) in [5.41, 5.74) is 2.58. The van der Waals surface area contributed by atoms with Crippen molar-refractivity contribution in [3.05, 3.63) is 29.5 Å². The number of furan rings is 1. The number of nitrogens with zero attached hydrogens (tertiary/aromatic N) is 1. The molecule has 0 amide bonds. The quantitative estimate of drug-likeness (QED) is 0.552. The molecular weight excluding hydrogens is 190 g/mol. The van der Waals surface area contributed by atoms with E-state index in [1.807, 2.05) is 19.1 Å². The third-order valence-corrected chi connectivity index (χ3v) is 2.51. The maximum Gasteiger partial charge on any atom is 0.240 e. The van der Waals surface area contributed by atoms with Crippen LogP contribution >= 0.6 is 0 Å². The lowest BCUT2D eigenvalue weighted by atomic mass is 10.1. The molecule has 0 aliphatic heterocycles. The van der Waals surface area contributed by atoms with E-state index in [-0.39, 0.29) is 0 Å². The highest BCUT2D eigenvalue weighted by molar-refractivity contribution is 5.85. The zero-order valence-corrected chi connectivity index (χ0v) is 8.70. The van der Waals surface area contributed by atoms with Crippen LogP contribution in [-0.4, -0.2) is 6.08 Å². The Morgan fingerprint density at radius 2 is 2.27 bits per heavy atom. The lowest BCUT2D eigenvalue weighted by Gasteiger charge is -1.91. The number of benzene rings is 1. The molecular formula is C12H11NO2. The van der Waals surface area contributed by atoms with Crippen LogP contribution in [0.3, 0.4) is 0 Å². The van der Waals surface area contributed by atoms with Crippen LogP contribution in [0.25, 0.3) is 11.0 Å².